The van der Waals surface area contributed by atoms with Gasteiger partial charge in [0.1, 0.15) is 4.87 Å². The summed E-state index contributed by atoms with van der Waals surface area (Å²) in [6.07, 6.45) is 1.16. The summed E-state index contributed by atoms with van der Waals surface area (Å²) in [6, 6.07) is 0.179. The quantitative estimate of drug-likeness (QED) is 0.666. The number of amides is 1. The van der Waals surface area contributed by atoms with Crippen molar-refractivity contribution in [1.82, 2.24) is 5.32 Å². The molecule has 4 heteroatoms. The van der Waals surface area contributed by atoms with Crippen LogP contribution in [0.25, 0.3) is 0 Å². The fraction of sp³-hybridized carbons (Fsp3) is 0.889. The van der Waals surface area contributed by atoms with Crippen LogP contribution in [0.2, 0.25) is 0 Å². The van der Waals surface area contributed by atoms with E-state index in [0.29, 0.717) is 25.3 Å². The highest BCUT2D eigenvalue weighted by Crippen LogP contribution is 2.31. The van der Waals surface area contributed by atoms with Gasteiger partial charge in [0, 0.05) is 12.6 Å². The van der Waals surface area contributed by atoms with Crippen LogP contribution in [0.5, 0.6) is 0 Å². The van der Waals surface area contributed by atoms with E-state index in [2.05, 4.69) is 19.2 Å². The maximum absolute atomic E-state index is 11.1. The maximum Gasteiger partial charge on any atom is 0.238 e. The van der Waals surface area contributed by atoms with Crippen molar-refractivity contribution >= 4 is 17.5 Å². The number of carbonyl (C=O) groups excluding carboxylic acids is 1. The number of nitrogens with two attached hydrogens (primary N) is 1. The molecule has 2 atom stereocenters. The maximum atomic E-state index is 11.1. The van der Waals surface area contributed by atoms with Crippen molar-refractivity contribution in [3.05, 3.63) is 0 Å². The van der Waals surface area contributed by atoms with Crippen LogP contribution < -0.4 is 11.1 Å². The Morgan fingerprint density at radius 2 is 2.31 bits per heavy atom. The summed E-state index contributed by atoms with van der Waals surface area (Å²) in [5.74, 6) is 0.0208. The highest BCUT2D eigenvalue weighted by atomic mass is 35.5. The van der Waals surface area contributed by atoms with Gasteiger partial charge in [0.25, 0.3) is 0 Å². The van der Waals surface area contributed by atoms with E-state index < -0.39 is 10.8 Å². The molecule has 13 heavy (non-hydrogen) atoms. The first kappa shape index (κ1) is 10.8. The van der Waals surface area contributed by atoms with E-state index >= 15 is 0 Å². The van der Waals surface area contributed by atoms with Crippen LogP contribution in [0.4, 0.5) is 0 Å². The average molecular weight is 204 g/mol. The first-order chi connectivity index (χ1) is 5.96. The molecule has 0 aliphatic carbocycles. The van der Waals surface area contributed by atoms with Gasteiger partial charge in [0.05, 0.1) is 0 Å². The van der Waals surface area contributed by atoms with Gasteiger partial charge in [-0.15, -0.1) is 11.6 Å². The molecule has 1 aliphatic rings. The third-order valence-corrected chi connectivity index (χ3v) is 3.15. The average Bonchev–Trinajstić information content (AvgIpc) is 2.04. The largest absolute Gasteiger partial charge is 0.368 e. The summed E-state index contributed by atoms with van der Waals surface area (Å²) in [5, 5.41) is 4.41. The van der Waals surface area contributed by atoms with Crippen molar-refractivity contribution in [1.29, 1.82) is 0 Å². The number of piperidine rings is 1. The molecule has 3 nitrogen and oxygen atoms in total. The van der Waals surface area contributed by atoms with Gasteiger partial charge in [-0.25, -0.2) is 5.32 Å². The number of alkyl halides is 1. The van der Waals surface area contributed by atoms with Crippen LogP contribution in [0.15, 0.2) is 0 Å². The summed E-state index contributed by atoms with van der Waals surface area (Å²) in [7, 11) is 0. The SMILES string of the molecule is CC(C)C1CC(Cl)(C(N)=O)CC[N]1. The van der Waals surface area contributed by atoms with E-state index in [1.54, 1.807) is 0 Å². The Kier molecular flexibility index (Phi) is 3.19. The predicted octanol–water partition coefficient (Wildman–Crippen LogP) is 0.872. The summed E-state index contributed by atoms with van der Waals surface area (Å²) >= 11 is 6.11. The van der Waals surface area contributed by atoms with Crippen LogP contribution in [0.3, 0.4) is 0 Å². The molecule has 1 radical (unpaired) electrons. The fourth-order valence-electron chi connectivity index (χ4n) is 1.58. The van der Waals surface area contributed by atoms with Crippen molar-refractivity contribution in [2.75, 3.05) is 6.54 Å². The summed E-state index contributed by atoms with van der Waals surface area (Å²) in [5.41, 5.74) is 5.25. The van der Waals surface area contributed by atoms with Crippen molar-refractivity contribution < 1.29 is 4.79 Å². The third-order valence-electron chi connectivity index (χ3n) is 2.62. The zero-order valence-corrected chi connectivity index (χ0v) is 8.84. The monoisotopic (exact) mass is 203 g/mol. The molecule has 1 amide bonds. The lowest BCUT2D eigenvalue weighted by molar-refractivity contribution is -0.121. The van der Waals surface area contributed by atoms with Gasteiger partial charge in [-0.05, 0) is 18.8 Å². The van der Waals surface area contributed by atoms with E-state index in [1.165, 1.54) is 0 Å². The molecular formula is C9H16ClN2O. The second-order valence-corrected chi connectivity index (χ2v) is 4.72. The molecule has 0 aromatic heterocycles. The zero-order chi connectivity index (χ0) is 10.1. The summed E-state index contributed by atoms with van der Waals surface area (Å²) < 4.78 is 0. The third kappa shape index (κ3) is 2.35. The molecular weight excluding hydrogens is 188 g/mol. The van der Waals surface area contributed by atoms with Gasteiger partial charge in [0.2, 0.25) is 5.91 Å². The normalized spacial score (nSPS) is 34.9. The Bertz CT molecular complexity index is 208. The van der Waals surface area contributed by atoms with Crippen LogP contribution in [0.1, 0.15) is 26.7 Å². The van der Waals surface area contributed by atoms with Crippen molar-refractivity contribution in [3.8, 4) is 0 Å². The Labute approximate surface area is 84.0 Å². The number of primary amides is 1. The molecule has 0 bridgehead atoms. The van der Waals surface area contributed by atoms with Gasteiger partial charge < -0.3 is 5.73 Å². The highest BCUT2D eigenvalue weighted by molar-refractivity contribution is 6.34. The summed E-state index contributed by atoms with van der Waals surface area (Å²) in [4.78, 5) is 10.2. The second kappa shape index (κ2) is 3.84. The highest BCUT2D eigenvalue weighted by Gasteiger charge is 2.40. The van der Waals surface area contributed by atoms with Crippen LogP contribution in [-0.2, 0) is 4.79 Å². The number of nitrogens with zero attached hydrogens (tertiary/aromatic N) is 1. The molecule has 0 aromatic rings. The Morgan fingerprint density at radius 1 is 1.69 bits per heavy atom. The smallest absolute Gasteiger partial charge is 0.238 e. The zero-order valence-electron chi connectivity index (χ0n) is 8.09. The fourth-order valence-corrected chi connectivity index (χ4v) is 1.82. The molecule has 75 valence electrons. The number of rotatable bonds is 2. The van der Waals surface area contributed by atoms with E-state index in [9.17, 15) is 4.79 Å². The lowest BCUT2D eigenvalue weighted by atomic mass is 9.86. The van der Waals surface area contributed by atoms with Gasteiger partial charge >= 0.3 is 0 Å². The van der Waals surface area contributed by atoms with Gasteiger partial charge in [-0.2, -0.15) is 0 Å². The first-order valence-corrected chi connectivity index (χ1v) is 4.99. The molecule has 1 heterocycles. The van der Waals surface area contributed by atoms with E-state index in [-0.39, 0.29) is 6.04 Å². The molecule has 2 N–H and O–H groups in total. The predicted molar refractivity (Wildman–Crippen MR) is 52.6 cm³/mol. The first-order valence-electron chi connectivity index (χ1n) is 4.61. The Hall–Kier alpha value is -0.280. The van der Waals surface area contributed by atoms with Gasteiger partial charge in [-0.3, -0.25) is 4.79 Å². The number of hydrogen-bond donors (Lipinski definition) is 1. The van der Waals surface area contributed by atoms with Crippen molar-refractivity contribution in [3.63, 3.8) is 0 Å². The minimum Gasteiger partial charge on any atom is -0.368 e. The molecule has 1 fully saturated rings. The van der Waals surface area contributed by atoms with E-state index in [0.717, 1.165) is 0 Å². The number of carbonyl (C=O) groups is 1. The van der Waals surface area contributed by atoms with Crippen LogP contribution in [-0.4, -0.2) is 23.4 Å². The Morgan fingerprint density at radius 3 is 2.77 bits per heavy atom. The molecule has 1 saturated heterocycles. The van der Waals surface area contributed by atoms with Crippen molar-refractivity contribution in [2.45, 2.75) is 37.6 Å². The minimum absolute atomic E-state index is 0.179. The molecule has 1 aliphatic heterocycles. The lowest BCUT2D eigenvalue weighted by Gasteiger charge is -2.35. The molecule has 0 aromatic carbocycles. The molecule has 1 rings (SSSR count). The minimum atomic E-state index is -0.851. The van der Waals surface area contributed by atoms with E-state index in [1.807, 2.05) is 0 Å². The Balaban J connectivity index is 2.65. The topological polar surface area (TPSA) is 57.2 Å². The lowest BCUT2D eigenvalue weighted by Crippen LogP contribution is -2.50. The van der Waals surface area contributed by atoms with Gasteiger partial charge in [0.15, 0.2) is 0 Å². The molecule has 2 unspecified atom stereocenters. The molecule has 0 saturated carbocycles. The number of hydrogen-bond acceptors (Lipinski definition) is 1. The van der Waals surface area contributed by atoms with E-state index in [4.69, 9.17) is 17.3 Å². The standard InChI is InChI=1S/C9H16ClN2O/c1-6(2)7-5-9(10,8(11)13)3-4-12-7/h6-7H,3-5H2,1-2H3,(H2,11,13). The van der Waals surface area contributed by atoms with Crippen LogP contribution >= 0.6 is 11.6 Å². The second-order valence-electron chi connectivity index (χ2n) is 4.00. The summed E-state index contributed by atoms with van der Waals surface area (Å²) in [6.45, 7) is 4.81. The van der Waals surface area contributed by atoms with Gasteiger partial charge in [-0.1, -0.05) is 13.8 Å². The van der Waals surface area contributed by atoms with Crippen LogP contribution in [0, 0.1) is 5.92 Å². The number of halogens is 1. The van der Waals surface area contributed by atoms with Crippen molar-refractivity contribution in [2.24, 2.45) is 11.7 Å². The molecule has 0 spiro atoms.